The van der Waals surface area contributed by atoms with Gasteiger partial charge < -0.3 is 5.32 Å². The summed E-state index contributed by atoms with van der Waals surface area (Å²) in [6, 6.07) is 9.02. The second kappa shape index (κ2) is 8.29. The fourth-order valence-electron chi connectivity index (χ4n) is 3.00. The minimum atomic E-state index is -4.53. The summed E-state index contributed by atoms with van der Waals surface area (Å²) < 4.78 is 41.2. The lowest BCUT2D eigenvalue weighted by molar-refractivity contribution is -0.137. The van der Waals surface area contributed by atoms with Crippen LogP contribution in [0.1, 0.15) is 5.56 Å². The maximum Gasteiger partial charge on any atom is 0.416 e. The van der Waals surface area contributed by atoms with Gasteiger partial charge >= 0.3 is 6.18 Å². The molecule has 2 aromatic heterocycles. The van der Waals surface area contributed by atoms with Gasteiger partial charge in [0.05, 0.1) is 28.2 Å². The molecule has 0 fully saturated rings. The van der Waals surface area contributed by atoms with Gasteiger partial charge in [-0.3, -0.25) is 14.2 Å². The molecule has 1 N–H and O–H groups in total. The number of nitrogens with zero attached hydrogens (tertiary/aromatic N) is 4. The Bertz CT molecular complexity index is 1400. The SMILES string of the molecule is O=C(Cn1cnc2c(cnn2-c2cccc(C(F)(F)F)c2)c1=O)Nc1cc(Cl)ccc1Cl. The van der Waals surface area contributed by atoms with Crippen molar-refractivity contribution < 1.29 is 18.0 Å². The summed E-state index contributed by atoms with van der Waals surface area (Å²) in [4.78, 5) is 29.3. The summed E-state index contributed by atoms with van der Waals surface area (Å²) in [6.07, 6.45) is -2.22. The zero-order valence-corrected chi connectivity index (χ0v) is 17.4. The highest BCUT2D eigenvalue weighted by atomic mass is 35.5. The van der Waals surface area contributed by atoms with Crippen LogP contribution in [-0.4, -0.2) is 25.2 Å². The number of aromatic nitrogens is 4. The summed E-state index contributed by atoms with van der Waals surface area (Å²) in [5.41, 5.74) is -1.01. The highest BCUT2D eigenvalue weighted by Crippen LogP contribution is 2.30. The summed E-state index contributed by atoms with van der Waals surface area (Å²) in [5.74, 6) is -0.553. The molecule has 4 rings (SSSR count). The van der Waals surface area contributed by atoms with Crippen LogP contribution < -0.4 is 10.9 Å². The van der Waals surface area contributed by atoms with Crippen LogP contribution in [0.15, 0.2) is 59.8 Å². The number of nitrogens with one attached hydrogen (secondary N) is 1. The Morgan fingerprint density at radius 3 is 2.66 bits per heavy atom. The van der Waals surface area contributed by atoms with E-state index in [2.05, 4.69) is 15.4 Å². The quantitative estimate of drug-likeness (QED) is 0.463. The normalized spacial score (nSPS) is 11.7. The van der Waals surface area contributed by atoms with Crippen LogP contribution in [0.25, 0.3) is 16.7 Å². The van der Waals surface area contributed by atoms with Crippen molar-refractivity contribution in [2.45, 2.75) is 12.7 Å². The summed E-state index contributed by atoms with van der Waals surface area (Å²) in [5, 5.41) is 7.23. The van der Waals surface area contributed by atoms with E-state index in [4.69, 9.17) is 23.2 Å². The van der Waals surface area contributed by atoms with Crippen molar-refractivity contribution in [3.63, 3.8) is 0 Å². The molecular weight excluding hydrogens is 470 g/mol. The van der Waals surface area contributed by atoms with E-state index >= 15 is 0 Å². The Kier molecular flexibility index (Phi) is 5.66. The largest absolute Gasteiger partial charge is 0.416 e. The van der Waals surface area contributed by atoms with E-state index in [9.17, 15) is 22.8 Å². The average molecular weight is 482 g/mol. The predicted octanol–water partition coefficient (Wildman–Crippen LogP) is 4.55. The third kappa shape index (κ3) is 4.32. The van der Waals surface area contributed by atoms with E-state index in [0.717, 1.165) is 27.7 Å². The molecule has 0 aliphatic heterocycles. The number of hydrogen-bond acceptors (Lipinski definition) is 4. The van der Waals surface area contributed by atoms with Gasteiger partial charge in [0, 0.05) is 5.02 Å². The first-order valence-electron chi connectivity index (χ1n) is 8.99. The van der Waals surface area contributed by atoms with E-state index < -0.39 is 23.2 Å². The van der Waals surface area contributed by atoms with Crippen molar-refractivity contribution in [3.05, 3.63) is 81.0 Å². The molecule has 0 aliphatic carbocycles. The van der Waals surface area contributed by atoms with Crippen LogP contribution in [-0.2, 0) is 17.5 Å². The molecular formula is C20H12Cl2F3N5O2. The smallest absolute Gasteiger partial charge is 0.323 e. The Balaban J connectivity index is 1.63. The molecule has 0 bridgehead atoms. The maximum atomic E-state index is 13.0. The van der Waals surface area contributed by atoms with Crippen LogP contribution in [0.4, 0.5) is 18.9 Å². The molecule has 0 unspecified atom stereocenters. The molecule has 0 saturated carbocycles. The first-order chi connectivity index (χ1) is 15.1. The van der Waals surface area contributed by atoms with Crippen LogP contribution >= 0.6 is 23.2 Å². The molecule has 0 atom stereocenters. The number of carbonyl (C=O) groups excluding carboxylic acids is 1. The number of amides is 1. The second-order valence-corrected chi connectivity index (χ2v) is 7.54. The Hall–Kier alpha value is -3.37. The minimum absolute atomic E-state index is 0.0403. The zero-order valence-electron chi connectivity index (χ0n) is 15.9. The van der Waals surface area contributed by atoms with Gasteiger partial charge in [0.25, 0.3) is 5.56 Å². The number of hydrogen-bond donors (Lipinski definition) is 1. The van der Waals surface area contributed by atoms with Crippen molar-refractivity contribution in [1.29, 1.82) is 0 Å². The van der Waals surface area contributed by atoms with Crippen LogP contribution in [0.2, 0.25) is 10.0 Å². The third-order valence-corrected chi connectivity index (χ3v) is 5.05. The van der Waals surface area contributed by atoms with Crippen molar-refractivity contribution in [1.82, 2.24) is 19.3 Å². The molecule has 0 radical (unpaired) electrons. The number of benzene rings is 2. The summed E-state index contributed by atoms with van der Waals surface area (Å²) in [7, 11) is 0. The molecule has 0 aliphatic rings. The first-order valence-corrected chi connectivity index (χ1v) is 9.75. The lowest BCUT2D eigenvalue weighted by Gasteiger charge is -2.10. The van der Waals surface area contributed by atoms with Gasteiger partial charge in [0.1, 0.15) is 18.3 Å². The standard InChI is InChI=1S/C20H12Cl2F3N5O2/c21-12-4-5-15(22)16(7-12)28-17(31)9-29-10-26-18-14(19(29)32)8-27-30(18)13-3-1-2-11(6-13)20(23,24)25/h1-8,10H,9H2,(H,28,31). The van der Waals surface area contributed by atoms with Gasteiger partial charge in [-0.25, -0.2) is 9.67 Å². The highest BCUT2D eigenvalue weighted by Gasteiger charge is 2.30. The van der Waals surface area contributed by atoms with Crippen molar-refractivity contribution in [3.8, 4) is 5.69 Å². The van der Waals surface area contributed by atoms with Gasteiger partial charge in [0.15, 0.2) is 5.65 Å². The van der Waals surface area contributed by atoms with Gasteiger partial charge in [0.2, 0.25) is 5.91 Å². The van der Waals surface area contributed by atoms with E-state index in [0.29, 0.717) is 5.02 Å². The van der Waals surface area contributed by atoms with Gasteiger partial charge in [-0.05, 0) is 36.4 Å². The third-order valence-electron chi connectivity index (χ3n) is 4.49. The Morgan fingerprint density at radius 2 is 1.91 bits per heavy atom. The zero-order chi connectivity index (χ0) is 23.0. The molecule has 2 aromatic carbocycles. The fraction of sp³-hybridized carbons (Fsp3) is 0.100. The molecule has 12 heteroatoms. The lowest BCUT2D eigenvalue weighted by atomic mass is 10.2. The first kappa shape index (κ1) is 21.8. The van der Waals surface area contributed by atoms with Crippen molar-refractivity contribution in [2.75, 3.05) is 5.32 Å². The summed E-state index contributed by atoms with van der Waals surface area (Å²) >= 11 is 11.9. The molecule has 4 aromatic rings. The average Bonchev–Trinajstić information content (AvgIpc) is 3.17. The molecule has 164 valence electrons. The van der Waals surface area contributed by atoms with E-state index in [1.165, 1.54) is 30.5 Å². The van der Waals surface area contributed by atoms with Crippen molar-refractivity contribution in [2.24, 2.45) is 0 Å². The van der Waals surface area contributed by atoms with Gasteiger partial charge in [-0.15, -0.1) is 0 Å². The fourth-order valence-corrected chi connectivity index (χ4v) is 3.34. The number of alkyl halides is 3. The number of fused-ring (bicyclic) bond motifs is 1. The topological polar surface area (TPSA) is 81.8 Å². The summed E-state index contributed by atoms with van der Waals surface area (Å²) in [6.45, 7) is -0.376. The molecule has 0 saturated heterocycles. The molecule has 1 amide bonds. The Labute approximate surface area is 188 Å². The Morgan fingerprint density at radius 1 is 1.12 bits per heavy atom. The number of halogens is 5. The minimum Gasteiger partial charge on any atom is -0.323 e. The van der Waals surface area contributed by atoms with E-state index in [1.54, 1.807) is 6.07 Å². The van der Waals surface area contributed by atoms with Crippen LogP contribution in [0.3, 0.4) is 0 Å². The van der Waals surface area contributed by atoms with E-state index in [-0.39, 0.29) is 34.0 Å². The monoisotopic (exact) mass is 481 g/mol. The van der Waals surface area contributed by atoms with Crippen molar-refractivity contribution >= 4 is 45.8 Å². The van der Waals surface area contributed by atoms with E-state index in [1.807, 2.05) is 0 Å². The predicted molar refractivity (Wildman–Crippen MR) is 113 cm³/mol. The maximum absolute atomic E-state index is 13.0. The number of rotatable bonds is 4. The molecule has 32 heavy (non-hydrogen) atoms. The van der Waals surface area contributed by atoms with Crippen LogP contribution in [0.5, 0.6) is 0 Å². The highest BCUT2D eigenvalue weighted by molar-refractivity contribution is 6.35. The van der Waals surface area contributed by atoms with Gasteiger partial charge in [-0.2, -0.15) is 18.3 Å². The van der Waals surface area contributed by atoms with Gasteiger partial charge in [-0.1, -0.05) is 29.3 Å². The molecule has 0 spiro atoms. The number of carbonyl (C=O) groups is 1. The number of anilines is 1. The molecule has 7 nitrogen and oxygen atoms in total. The lowest BCUT2D eigenvalue weighted by Crippen LogP contribution is -2.28. The van der Waals surface area contributed by atoms with Crippen LogP contribution in [0, 0.1) is 0 Å². The molecule has 2 heterocycles. The second-order valence-electron chi connectivity index (χ2n) is 6.69.